The first kappa shape index (κ1) is 13.0. The number of likely N-dealkylation sites (N-methyl/N-ethyl adjacent to an activating group) is 1. The lowest BCUT2D eigenvalue weighted by atomic mass is 10.2. The van der Waals surface area contributed by atoms with Crippen LogP contribution < -0.4 is 0 Å². The number of rotatable bonds is 4. The zero-order chi connectivity index (χ0) is 13.2. The van der Waals surface area contributed by atoms with Crippen LogP contribution in [-0.2, 0) is 6.42 Å². The third kappa shape index (κ3) is 3.14. The molecule has 2 fully saturated rings. The number of hydrogen-bond donors (Lipinski definition) is 0. The zero-order valence-corrected chi connectivity index (χ0v) is 12.2. The molecule has 3 rings (SSSR count). The van der Waals surface area contributed by atoms with E-state index >= 15 is 0 Å². The summed E-state index contributed by atoms with van der Waals surface area (Å²) in [7, 11) is 2.18. The van der Waals surface area contributed by atoms with Crippen molar-refractivity contribution in [2.75, 3.05) is 39.8 Å². The van der Waals surface area contributed by atoms with Crippen molar-refractivity contribution in [1.29, 1.82) is 5.26 Å². The molecule has 2 heterocycles. The average molecular weight is 276 g/mol. The predicted molar refractivity (Wildman–Crippen MR) is 76.4 cm³/mol. The topological polar surface area (TPSA) is 43.2 Å². The smallest absolute Gasteiger partial charge is 0.128 e. The van der Waals surface area contributed by atoms with Crippen LogP contribution in [0.25, 0.3) is 0 Å². The van der Waals surface area contributed by atoms with Crippen molar-refractivity contribution in [2.24, 2.45) is 0 Å². The van der Waals surface area contributed by atoms with Crippen molar-refractivity contribution in [3.05, 3.63) is 15.6 Å². The minimum absolute atomic E-state index is 0.586. The normalized spacial score (nSPS) is 21.5. The van der Waals surface area contributed by atoms with E-state index in [0.29, 0.717) is 5.92 Å². The highest BCUT2D eigenvalue weighted by Crippen LogP contribution is 2.42. The van der Waals surface area contributed by atoms with Gasteiger partial charge in [0.15, 0.2) is 0 Å². The fraction of sp³-hybridized carbons (Fsp3) is 0.714. The number of nitrogens with zero attached hydrogens (tertiary/aromatic N) is 4. The van der Waals surface area contributed by atoms with E-state index in [1.807, 2.05) is 0 Å². The van der Waals surface area contributed by atoms with Crippen LogP contribution in [0, 0.1) is 11.3 Å². The van der Waals surface area contributed by atoms with Gasteiger partial charge in [-0.25, -0.2) is 4.98 Å². The summed E-state index contributed by atoms with van der Waals surface area (Å²) in [6.45, 7) is 5.71. The standard InChI is InChI=1S/C14H20N4S/c1-17-6-8-18(9-7-17)5-4-13-16-14(11-2-3-11)12(10-15)19-13/h11H,2-9H2,1H3. The van der Waals surface area contributed by atoms with Crippen LogP contribution in [0.5, 0.6) is 0 Å². The van der Waals surface area contributed by atoms with E-state index in [4.69, 9.17) is 10.2 Å². The first-order chi connectivity index (χ1) is 9.26. The highest BCUT2D eigenvalue weighted by atomic mass is 32.1. The number of thiazole rings is 1. The van der Waals surface area contributed by atoms with Crippen LogP contribution in [-0.4, -0.2) is 54.6 Å². The second kappa shape index (κ2) is 5.58. The Kier molecular flexibility index (Phi) is 3.83. The van der Waals surface area contributed by atoms with Crippen LogP contribution in [0.1, 0.15) is 34.3 Å². The summed E-state index contributed by atoms with van der Waals surface area (Å²) in [5, 5.41) is 10.3. The van der Waals surface area contributed by atoms with Gasteiger partial charge in [0.1, 0.15) is 10.9 Å². The molecule has 0 radical (unpaired) electrons. The molecule has 2 aliphatic rings. The molecule has 1 aromatic heterocycles. The molecule has 0 atom stereocenters. The molecule has 0 N–H and O–H groups in total. The number of nitriles is 1. The van der Waals surface area contributed by atoms with Crippen LogP contribution in [0.4, 0.5) is 0 Å². The number of hydrogen-bond acceptors (Lipinski definition) is 5. The van der Waals surface area contributed by atoms with Gasteiger partial charge in [-0.3, -0.25) is 0 Å². The summed E-state index contributed by atoms with van der Waals surface area (Å²) >= 11 is 1.61. The van der Waals surface area contributed by atoms with Crippen molar-refractivity contribution in [3.8, 4) is 6.07 Å². The summed E-state index contributed by atoms with van der Waals surface area (Å²) in [5.74, 6) is 0.586. The molecule has 1 saturated carbocycles. The van der Waals surface area contributed by atoms with Gasteiger partial charge < -0.3 is 9.80 Å². The maximum atomic E-state index is 9.16. The SMILES string of the molecule is CN1CCN(CCc2nc(C3CC3)c(C#N)s2)CC1. The van der Waals surface area contributed by atoms with E-state index in [2.05, 4.69) is 22.9 Å². The van der Waals surface area contributed by atoms with Crippen molar-refractivity contribution in [3.63, 3.8) is 0 Å². The number of aromatic nitrogens is 1. The summed E-state index contributed by atoms with van der Waals surface area (Å²) in [4.78, 5) is 10.4. The highest BCUT2D eigenvalue weighted by Gasteiger charge is 2.29. The van der Waals surface area contributed by atoms with Gasteiger partial charge in [-0.05, 0) is 19.9 Å². The van der Waals surface area contributed by atoms with Gasteiger partial charge in [0.05, 0.1) is 10.7 Å². The Morgan fingerprint density at radius 1 is 1.32 bits per heavy atom. The Balaban J connectivity index is 1.56. The molecule has 4 nitrogen and oxygen atoms in total. The van der Waals surface area contributed by atoms with Crippen LogP contribution in [0.2, 0.25) is 0 Å². The van der Waals surface area contributed by atoms with Crippen LogP contribution in [0.3, 0.4) is 0 Å². The van der Waals surface area contributed by atoms with E-state index in [0.717, 1.165) is 54.7 Å². The maximum absolute atomic E-state index is 9.16. The highest BCUT2D eigenvalue weighted by molar-refractivity contribution is 7.12. The monoisotopic (exact) mass is 276 g/mol. The molecule has 1 aliphatic heterocycles. The van der Waals surface area contributed by atoms with Gasteiger partial charge in [-0.2, -0.15) is 5.26 Å². The second-order valence-electron chi connectivity index (χ2n) is 5.60. The first-order valence-electron chi connectivity index (χ1n) is 7.07. The third-order valence-electron chi connectivity index (χ3n) is 4.00. The summed E-state index contributed by atoms with van der Waals surface area (Å²) in [5.41, 5.74) is 1.08. The summed E-state index contributed by atoms with van der Waals surface area (Å²) in [6.07, 6.45) is 3.43. The largest absolute Gasteiger partial charge is 0.304 e. The van der Waals surface area contributed by atoms with Crippen molar-refractivity contribution in [1.82, 2.24) is 14.8 Å². The fourth-order valence-corrected chi connectivity index (χ4v) is 3.46. The quantitative estimate of drug-likeness (QED) is 0.839. The average Bonchev–Trinajstić information content (AvgIpc) is 3.19. The van der Waals surface area contributed by atoms with E-state index < -0.39 is 0 Å². The lowest BCUT2D eigenvalue weighted by Gasteiger charge is -2.32. The Labute approximate surface area is 118 Å². The van der Waals surface area contributed by atoms with Crippen molar-refractivity contribution in [2.45, 2.75) is 25.2 Å². The third-order valence-corrected chi connectivity index (χ3v) is 5.04. The molecule has 0 spiro atoms. The Hall–Kier alpha value is -0.960. The number of piperazine rings is 1. The zero-order valence-electron chi connectivity index (χ0n) is 11.4. The Morgan fingerprint density at radius 3 is 2.68 bits per heavy atom. The van der Waals surface area contributed by atoms with Gasteiger partial charge in [0, 0.05) is 45.1 Å². The summed E-state index contributed by atoms with van der Waals surface area (Å²) in [6, 6.07) is 2.32. The van der Waals surface area contributed by atoms with E-state index in [1.54, 1.807) is 11.3 Å². The van der Waals surface area contributed by atoms with Crippen LogP contribution in [0.15, 0.2) is 0 Å². The Bertz CT molecular complexity index is 478. The molecule has 1 aliphatic carbocycles. The molecule has 5 heteroatoms. The minimum atomic E-state index is 0.586. The second-order valence-corrected chi connectivity index (χ2v) is 6.69. The molecule has 0 amide bonds. The lowest BCUT2D eigenvalue weighted by Crippen LogP contribution is -2.45. The van der Waals surface area contributed by atoms with Gasteiger partial charge >= 0.3 is 0 Å². The van der Waals surface area contributed by atoms with Gasteiger partial charge in [-0.1, -0.05) is 0 Å². The van der Waals surface area contributed by atoms with Crippen LogP contribution >= 0.6 is 11.3 Å². The predicted octanol–water partition coefficient (Wildman–Crippen LogP) is 1.68. The molecule has 102 valence electrons. The lowest BCUT2D eigenvalue weighted by molar-refractivity contribution is 0.155. The molecule has 1 saturated heterocycles. The molecule has 0 bridgehead atoms. The Morgan fingerprint density at radius 2 is 2.05 bits per heavy atom. The molecular weight excluding hydrogens is 256 g/mol. The van der Waals surface area contributed by atoms with Gasteiger partial charge in [-0.15, -0.1) is 11.3 Å². The van der Waals surface area contributed by atoms with E-state index in [1.165, 1.54) is 12.8 Å². The van der Waals surface area contributed by atoms with Crippen molar-refractivity contribution < 1.29 is 0 Å². The maximum Gasteiger partial charge on any atom is 0.128 e. The molecule has 0 aromatic carbocycles. The van der Waals surface area contributed by atoms with E-state index in [9.17, 15) is 0 Å². The molecule has 1 aromatic rings. The fourth-order valence-electron chi connectivity index (χ4n) is 2.52. The first-order valence-corrected chi connectivity index (χ1v) is 7.88. The molecule has 0 unspecified atom stereocenters. The summed E-state index contributed by atoms with van der Waals surface area (Å²) < 4.78 is 0. The molecular formula is C14H20N4S. The molecule has 19 heavy (non-hydrogen) atoms. The van der Waals surface area contributed by atoms with Gasteiger partial charge in [0.2, 0.25) is 0 Å². The van der Waals surface area contributed by atoms with Gasteiger partial charge in [0.25, 0.3) is 0 Å². The van der Waals surface area contributed by atoms with E-state index in [-0.39, 0.29) is 0 Å². The van der Waals surface area contributed by atoms with Crippen molar-refractivity contribution >= 4 is 11.3 Å². The minimum Gasteiger partial charge on any atom is -0.304 e.